The summed E-state index contributed by atoms with van der Waals surface area (Å²) in [5, 5.41) is 3.91. The maximum Gasteiger partial charge on any atom is 1.00 e. The van der Waals surface area contributed by atoms with Gasteiger partial charge in [0.1, 0.15) is 0 Å². The molecule has 0 aromatic carbocycles. The Hall–Kier alpha value is 1.34. The van der Waals surface area contributed by atoms with Crippen molar-refractivity contribution in [1.29, 1.82) is 0 Å². The number of aryl methyl sites for hydroxylation is 1. The van der Waals surface area contributed by atoms with Crippen LogP contribution in [0.1, 0.15) is 44.7 Å². The molecule has 0 bridgehead atoms. The normalized spacial score (nSPS) is 28.2. The molecule has 2 atom stereocenters. The van der Waals surface area contributed by atoms with Gasteiger partial charge in [0.05, 0.1) is 0 Å². The Balaban J connectivity index is 0.00000162. The van der Waals surface area contributed by atoms with E-state index in [1.54, 1.807) is 6.92 Å². The summed E-state index contributed by atoms with van der Waals surface area (Å²) < 4.78 is 20.2. The van der Waals surface area contributed by atoms with Crippen molar-refractivity contribution in [1.82, 2.24) is 10.1 Å². The summed E-state index contributed by atoms with van der Waals surface area (Å²) in [5.74, 6) is 0.238. The number of hydrogen-bond donors (Lipinski definition) is 0. The Labute approximate surface area is 164 Å². The Morgan fingerprint density at radius 1 is 1.56 bits per heavy atom. The van der Waals surface area contributed by atoms with Crippen molar-refractivity contribution in [3.63, 3.8) is 0 Å². The van der Waals surface area contributed by atoms with Gasteiger partial charge < -0.3 is 4.52 Å². The predicted octanol–water partition coefficient (Wildman–Crippen LogP) is 0.557. The van der Waals surface area contributed by atoms with E-state index in [4.69, 9.17) is 4.52 Å². The maximum atomic E-state index is 15.0. The zero-order valence-electron chi connectivity index (χ0n) is 11.7. The van der Waals surface area contributed by atoms with Gasteiger partial charge in [0.2, 0.25) is 0 Å². The van der Waals surface area contributed by atoms with Crippen molar-refractivity contribution in [3.8, 4) is 0 Å². The summed E-state index contributed by atoms with van der Waals surface area (Å²) in [4.78, 5) is 1.83. The molecule has 2 unspecified atom stereocenters. The van der Waals surface area contributed by atoms with Gasteiger partial charge in [0.25, 0.3) is 0 Å². The first-order valence-corrected chi connectivity index (χ1v) is 6.95. The zero-order valence-corrected chi connectivity index (χ0v) is 17.0. The first-order valence-electron chi connectivity index (χ1n) is 5.70. The molecule has 0 fully saturated rings. The summed E-state index contributed by atoms with van der Waals surface area (Å²) in [6, 6.07) is 0.104. The Bertz CT molecular complexity index is 436. The van der Waals surface area contributed by atoms with Crippen molar-refractivity contribution in [2.24, 2.45) is 0 Å². The minimum Gasteiger partial charge on any atom is -0.434 e. The van der Waals surface area contributed by atoms with Crippen LogP contribution in [0.15, 0.2) is 4.52 Å². The third kappa shape index (κ3) is 2.58. The molecule has 1 aliphatic heterocycles. The van der Waals surface area contributed by atoms with E-state index in [1.807, 2.05) is 32.6 Å². The van der Waals surface area contributed by atoms with Crippen molar-refractivity contribution in [3.05, 3.63) is 22.9 Å². The van der Waals surface area contributed by atoms with Crippen LogP contribution >= 0.6 is 22.6 Å². The van der Waals surface area contributed by atoms with Crippen molar-refractivity contribution >= 4 is 22.6 Å². The van der Waals surface area contributed by atoms with Gasteiger partial charge in [-0.2, -0.15) is 5.16 Å². The fourth-order valence-corrected chi connectivity index (χ4v) is 4.04. The smallest absolute Gasteiger partial charge is 0.434 e. The average molecular weight is 390 g/mol. The second kappa shape index (κ2) is 5.99. The summed E-state index contributed by atoms with van der Waals surface area (Å²) >= 11 is 2.28. The van der Waals surface area contributed by atoms with Crippen LogP contribution in [0.25, 0.3) is 0 Å². The summed E-state index contributed by atoms with van der Waals surface area (Å²) in [5.41, 5.74) is 1.26. The van der Waals surface area contributed by atoms with Crippen LogP contribution in [0.2, 0.25) is 0 Å². The number of aromatic nitrogens is 1. The molecule has 1 aromatic heterocycles. The van der Waals surface area contributed by atoms with Gasteiger partial charge >= 0.3 is 51.4 Å². The number of hydrogen-bond acceptors (Lipinski definition) is 3. The summed E-state index contributed by atoms with van der Waals surface area (Å²) in [6.45, 7) is 9.40. The first kappa shape index (κ1) is 17.4. The van der Waals surface area contributed by atoms with E-state index in [2.05, 4.69) is 27.7 Å². The predicted molar refractivity (Wildman–Crippen MR) is 72.5 cm³/mol. The fourth-order valence-electron chi connectivity index (χ4n) is 2.56. The maximum absolute atomic E-state index is 15.0. The molecule has 0 radical (unpaired) electrons. The van der Waals surface area contributed by atoms with Gasteiger partial charge in [-0.15, -0.1) is 11.5 Å². The number of halogens is 2. The monoisotopic (exact) mass is 390 g/mol. The molecule has 3 nitrogen and oxygen atoms in total. The van der Waals surface area contributed by atoms with Gasteiger partial charge in [0.15, 0.2) is 5.79 Å². The van der Waals surface area contributed by atoms with Gasteiger partial charge in [0, 0.05) is 21.5 Å². The van der Waals surface area contributed by atoms with Crippen LogP contribution in [0.5, 0.6) is 0 Å². The molecule has 0 aliphatic carbocycles. The fraction of sp³-hybridized carbons (Fsp3) is 0.667. The molecule has 96 valence electrons. The molecule has 18 heavy (non-hydrogen) atoms. The van der Waals surface area contributed by atoms with E-state index in [-0.39, 0.29) is 61.5 Å². The molecule has 2 heterocycles. The van der Waals surface area contributed by atoms with Crippen LogP contribution in [0, 0.1) is 12.8 Å². The van der Waals surface area contributed by atoms with Crippen LogP contribution in [-0.2, 0) is 5.79 Å². The molecule has 0 saturated heterocycles. The average Bonchev–Trinajstić information content (AvgIpc) is 2.57. The quantitative estimate of drug-likeness (QED) is 0.231. The Kier molecular flexibility index (Phi) is 5.78. The van der Waals surface area contributed by atoms with Gasteiger partial charge in [-0.3, -0.25) is 4.90 Å². The number of alkyl halides is 2. The van der Waals surface area contributed by atoms with E-state index < -0.39 is 5.79 Å². The van der Waals surface area contributed by atoms with E-state index in [1.165, 1.54) is 0 Å². The molecule has 1 aliphatic rings. The molecule has 0 spiro atoms. The minimum atomic E-state index is -1.58. The third-order valence-electron chi connectivity index (χ3n) is 3.33. The molecule has 0 N–H and O–H groups in total. The molecular weight excluding hydrogens is 373 g/mol. The minimum absolute atomic E-state index is 0. The van der Waals surface area contributed by atoms with E-state index in [0.717, 1.165) is 11.5 Å². The molecule has 1 aromatic rings. The third-order valence-corrected chi connectivity index (χ3v) is 4.87. The first-order chi connectivity index (χ1) is 7.78. The van der Waals surface area contributed by atoms with Gasteiger partial charge in [-0.25, -0.2) is 4.39 Å². The Morgan fingerprint density at radius 3 is 2.61 bits per heavy atom. The van der Waals surface area contributed by atoms with E-state index in [9.17, 15) is 0 Å². The molecule has 6 heteroatoms. The standard InChI is InChI=1S/C12H17FIN2O.K/c1-6(2)16-11(14)7(3)9-8(4)17-15-10(9)12(16,5)13;/h6,11H,1-5H3;/q-1;+1. The molecule has 2 rings (SSSR count). The number of nitrogens with zero attached hydrogens (tertiary/aromatic N) is 2. The number of rotatable bonds is 1. The van der Waals surface area contributed by atoms with Gasteiger partial charge in [-0.1, -0.05) is 36.4 Å². The van der Waals surface area contributed by atoms with Crippen LogP contribution in [0.4, 0.5) is 4.39 Å². The SMILES string of the molecule is Cc1onc2c1[C-](C)C(I)N(C(C)C)C2(C)F.[K+]. The second-order valence-electron chi connectivity index (χ2n) is 4.94. The molecule has 0 amide bonds. The summed E-state index contributed by atoms with van der Waals surface area (Å²) in [6.07, 6.45) is 0. The van der Waals surface area contributed by atoms with Crippen molar-refractivity contribution in [2.45, 2.75) is 50.5 Å². The number of fused-ring (bicyclic) bond motifs is 1. The van der Waals surface area contributed by atoms with Crippen molar-refractivity contribution < 1.29 is 60.3 Å². The van der Waals surface area contributed by atoms with Crippen LogP contribution in [-0.4, -0.2) is 20.1 Å². The van der Waals surface area contributed by atoms with Crippen molar-refractivity contribution in [2.75, 3.05) is 0 Å². The Morgan fingerprint density at radius 2 is 2.11 bits per heavy atom. The topological polar surface area (TPSA) is 29.3 Å². The van der Waals surface area contributed by atoms with Crippen LogP contribution in [0.3, 0.4) is 0 Å². The molecule has 0 saturated carbocycles. The van der Waals surface area contributed by atoms with Gasteiger partial charge in [-0.05, 0) is 20.8 Å². The van der Waals surface area contributed by atoms with Crippen LogP contribution < -0.4 is 51.4 Å². The largest absolute Gasteiger partial charge is 1.00 e. The molecular formula is C12H17FIKN2O. The van der Waals surface area contributed by atoms with E-state index in [0.29, 0.717) is 11.5 Å². The van der Waals surface area contributed by atoms with E-state index >= 15 is 4.39 Å². The summed E-state index contributed by atoms with van der Waals surface area (Å²) in [7, 11) is 0. The second-order valence-corrected chi connectivity index (χ2v) is 6.12. The zero-order chi connectivity index (χ0) is 13.0.